The number of nitrogens with one attached hydrogen (secondary N) is 1. The molecular formula is C5H9ClN2O4. The Morgan fingerprint density at radius 1 is 1.42 bits per heavy atom. The Bertz CT molecular complexity index is 184. The van der Waals surface area contributed by atoms with Gasteiger partial charge in [0.1, 0.15) is 0 Å². The van der Waals surface area contributed by atoms with Crippen molar-refractivity contribution in [2.45, 2.75) is 18.9 Å². The number of aliphatic carboxylic acids is 2. The van der Waals surface area contributed by atoms with Crippen LogP contribution in [0.1, 0.15) is 12.8 Å². The molecule has 70 valence electrons. The summed E-state index contributed by atoms with van der Waals surface area (Å²) in [4.78, 5) is 20.1. The van der Waals surface area contributed by atoms with E-state index in [0.717, 1.165) is 0 Å². The molecule has 0 aliphatic heterocycles. The number of halogens is 1. The minimum absolute atomic E-state index is 0. The number of carboxylic acids is 2. The summed E-state index contributed by atoms with van der Waals surface area (Å²) in [6, 6.07) is -1.22. The van der Waals surface area contributed by atoms with Gasteiger partial charge in [-0.15, -0.1) is 12.4 Å². The van der Waals surface area contributed by atoms with Crippen LogP contribution in [0.4, 0.5) is 0 Å². The van der Waals surface area contributed by atoms with E-state index in [2.05, 4.69) is 5.11 Å². The Morgan fingerprint density at radius 3 is 2.17 bits per heavy atom. The molecule has 0 bridgehead atoms. The summed E-state index contributed by atoms with van der Waals surface area (Å²) in [6.45, 7) is 0. The molecule has 3 N–H and O–H groups in total. The second kappa shape index (κ2) is 6.53. The highest BCUT2D eigenvalue weighted by Crippen LogP contribution is 2.01. The summed E-state index contributed by atoms with van der Waals surface area (Å²) in [6.07, 6.45) is -0.409. The van der Waals surface area contributed by atoms with E-state index in [1.54, 1.807) is 0 Å². The van der Waals surface area contributed by atoms with Gasteiger partial charge in [0.2, 0.25) is 0 Å². The van der Waals surface area contributed by atoms with Crippen molar-refractivity contribution < 1.29 is 19.8 Å². The van der Waals surface area contributed by atoms with Crippen molar-refractivity contribution in [1.29, 1.82) is 5.53 Å². The van der Waals surface area contributed by atoms with Crippen LogP contribution in [0.5, 0.6) is 0 Å². The highest BCUT2D eigenvalue weighted by atomic mass is 35.5. The fourth-order valence-corrected chi connectivity index (χ4v) is 0.503. The second-order valence-electron chi connectivity index (χ2n) is 1.92. The van der Waals surface area contributed by atoms with Gasteiger partial charge in [0.05, 0.1) is 0 Å². The molecule has 0 amide bonds. The lowest BCUT2D eigenvalue weighted by atomic mass is 10.2. The van der Waals surface area contributed by atoms with Gasteiger partial charge >= 0.3 is 11.9 Å². The number of hydrogen-bond acceptors (Lipinski definition) is 4. The SMILES string of the molecule is Cl.N=NC(CCC(=O)O)C(=O)O. The zero-order valence-corrected chi connectivity index (χ0v) is 6.87. The Balaban J connectivity index is 0. The molecule has 0 saturated heterocycles. The monoisotopic (exact) mass is 196 g/mol. The molecule has 0 heterocycles. The van der Waals surface area contributed by atoms with Crippen LogP contribution < -0.4 is 0 Å². The lowest BCUT2D eigenvalue weighted by molar-refractivity contribution is -0.139. The quantitative estimate of drug-likeness (QED) is 0.564. The molecular weight excluding hydrogens is 188 g/mol. The molecule has 0 radical (unpaired) electrons. The minimum Gasteiger partial charge on any atom is -0.481 e. The summed E-state index contributed by atoms with van der Waals surface area (Å²) in [5.74, 6) is -2.35. The number of nitrogens with zero attached hydrogens (tertiary/aromatic N) is 1. The van der Waals surface area contributed by atoms with Crippen LogP contribution in [0.2, 0.25) is 0 Å². The van der Waals surface area contributed by atoms with E-state index in [1.165, 1.54) is 0 Å². The van der Waals surface area contributed by atoms with Crippen molar-refractivity contribution in [3.63, 3.8) is 0 Å². The third kappa shape index (κ3) is 5.60. The topological polar surface area (TPSA) is 111 Å². The predicted molar refractivity (Wildman–Crippen MR) is 40.7 cm³/mol. The molecule has 0 rings (SSSR count). The predicted octanol–water partition coefficient (Wildman–Crippen LogP) is 0.757. The molecule has 0 spiro atoms. The van der Waals surface area contributed by atoms with Crippen molar-refractivity contribution >= 4 is 24.3 Å². The van der Waals surface area contributed by atoms with Crippen molar-refractivity contribution in [2.75, 3.05) is 0 Å². The Morgan fingerprint density at radius 2 is 1.92 bits per heavy atom. The smallest absolute Gasteiger partial charge is 0.330 e. The normalized spacial score (nSPS) is 11.0. The largest absolute Gasteiger partial charge is 0.481 e. The summed E-state index contributed by atoms with van der Waals surface area (Å²) in [5.41, 5.74) is 6.39. The van der Waals surface area contributed by atoms with E-state index in [4.69, 9.17) is 15.7 Å². The van der Waals surface area contributed by atoms with E-state index < -0.39 is 18.0 Å². The van der Waals surface area contributed by atoms with Crippen LogP contribution in [-0.2, 0) is 9.59 Å². The van der Waals surface area contributed by atoms with Gasteiger partial charge in [0.15, 0.2) is 6.04 Å². The van der Waals surface area contributed by atoms with E-state index >= 15 is 0 Å². The molecule has 12 heavy (non-hydrogen) atoms. The van der Waals surface area contributed by atoms with E-state index in [1.807, 2.05) is 0 Å². The number of hydrogen-bond donors (Lipinski definition) is 3. The van der Waals surface area contributed by atoms with E-state index in [0.29, 0.717) is 0 Å². The number of carbonyl (C=O) groups is 2. The summed E-state index contributed by atoms with van der Waals surface area (Å²) < 4.78 is 0. The lowest BCUT2D eigenvalue weighted by Gasteiger charge is -2.00. The molecule has 0 aliphatic carbocycles. The van der Waals surface area contributed by atoms with E-state index in [9.17, 15) is 9.59 Å². The van der Waals surface area contributed by atoms with E-state index in [-0.39, 0.29) is 25.2 Å². The molecule has 1 atom stereocenters. The maximum absolute atomic E-state index is 10.1. The minimum atomic E-state index is -1.26. The molecule has 0 aromatic carbocycles. The van der Waals surface area contributed by atoms with Crippen LogP contribution in [0.15, 0.2) is 5.11 Å². The fourth-order valence-electron chi connectivity index (χ4n) is 0.503. The van der Waals surface area contributed by atoms with Crippen LogP contribution in [0, 0.1) is 5.53 Å². The summed E-state index contributed by atoms with van der Waals surface area (Å²) >= 11 is 0. The van der Waals surface area contributed by atoms with Gasteiger partial charge in [-0.05, 0) is 6.42 Å². The van der Waals surface area contributed by atoms with Crippen molar-refractivity contribution in [1.82, 2.24) is 0 Å². The number of rotatable bonds is 5. The molecule has 0 aliphatic rings. The first-order valence-corrected chi connectivity index (χ1v) is 2.89. The second-order valence-corrected chi connectivity index (χ2v) is 1.92. The van der Waals surface area contributed by atoms with Crippen LogP contribution >= 0.6 is 12.4 Å². The highest BCUT2D eigenvalue weighted by Gasteiger charge is 2.16. The zero-order valence-electron chi connectivity index (χ0n) is 6.06. The maximum atomic E-state index is 10.1. The van der Waals surface area contributed by atoms with Gasteiger partial charge in [0.25, 0.3) is 0 Å². The first-order valence-electron chi connectivity index (χ1n) is 2.89. The van der Waals surface area contributed by atoms with Gasteiger partial charge in [0, 0.05) is 6.42 Å². The molecule has 0 saturated carbocycles. The van der Waals surface area contributed by atoms with Crippen molar-refractivity contribution in [3.05, 3.63) is 0 Å². The van der Waals surface area contributed by atoms with Crippen LogP contribution in [0.3, 0.4) is 0 Å². The first-order chi connectivity index (χ1) is 5.07. The molecule has 0 fully saturated rings. The molecule has 1 unspecified atom stereocenters. The van der Waals surface area contributed by atoms with Gasteiger partial charge in [-0.1, -0.05) is 0 Å². The Labute approximate surface area is 74.5 Å². The summed E-state index contributed by atoms with van der Waals surface area (Å²) in [7, 11) is 0. The third-order valence-corrected chi connectivity index (χ3v) is 1.07. The van der Waals surface area contributed by atoms with Crippen LogP contribution in [0.25, 0.3) is 0 Å². The van der Waals surface area contributed by atoms with Crippen LogP contribution in [-0.4, -0.2) is 28.2 Å². The maximum Gasteiger partial charge on any atom is 0.330 e. The third-order valence-electron chi connectivity index (χ3n) is 1.07. The Hall–Kier alpha value is -1.17. The highest BCUT2D eigenvalue weighted by molar-refractivity contribution is 5.85. The number of carboxylic acid groups (broad SMARTS) is 2. The molecule has 6 nitrogen and oxygen atoms in total. The summed E-state index contributed by atoms with van der Waals surface area (Å²) in [5, 5.41) is 19.2. The Kier molecular flexibility index (Phi) is 7.31. The molecule has 7 heteroatoms. The first kappa shape index (κ1) is 13.4. The average molecular weight is 197 g/mol. The molecule has 0 aromatic heterocycles. The van der Waals surface area contributed by atoms with Crippen molar-refractivity contribution in [3.8, 4) is 0 Å². The fraction of sp³-hybridized carbons (Fsp3) is 0.600. The standard InChI is InChI=1S/C5H8N2O4.ClH/c6-7-3(5(10)11)1-2-4(8)9;/h3,6H,1-2H2,(H,8,9)(H,10,11);1H. The van der Waals surface area contributed by atoms with Gasteiger partial charge in [-0.25, -0.2) is 10.3 Å². The van der Waals surface area contributed by atoms with Gasteiger partial charge in [-0.3, -0.25) is 4.79 Å². The van der Waals surface area contributed by atoms with Gasteiger partial charge < -0.3 is 10.2 Å². The van der Waals surface area contributed by atoms with Crippen molar-refractivity contribution in [2.24, 2.45) is 5.11 Å². The average Bonchev–Trinajstić information content (AvgIpc) is 1.87. The van der Waals surface area contributed by atoms with Gasteiger partial charge in [-0.2, -0.15) is 5.11 Å². The lowest BCUT2D eigenvalue weighted by Crippen LogP contribution is -2.18. The zero-order chi connectivity index (χ0) is 8.85. The molecule has 0 aromatic rings.